The Hall–Kier alpha value is -0.930. The third-order valence-corrected chi connectivity index (χ3v) is 5.05. The molecule has 0 unspecified atom stereocenters. The average molecular weight is 260 g/mol. The fourth-order valence-electron chi connectivity index (χ4n) is 2.62. The van der Waals surface area contributed by atoms with Gasteiger partial charge < -0.3 is 5.32 Å². The van der Waals surface area contributed by atoms with Crippen molar-refractivity contribution in [2.45, 2.75) is 38.5 Å². The van der Waals surface area contributed by atoms with Crippen molar-refractivity contribution in [3.8, 4) is 0 Å². The molecule has 1 saturated heterocycles. The molecule has 96 valence electrons. The van der Waals surface area contributed by atoms with E-state index in [0.29, 0.717) is 5.92 Å². The lowest BCUT2D eigenvalue weighted by Gasteiger charge is -2.22. The van der Waals surface area contributed by atoms with Gasteiger partial charge in [-0.25, -0.2) is 4.98 Å². The summed E-state index contributed by atoms with van der Waals surface area (Å²) in [7, 11) is 0. The second-order valence-electron chi connectivity index (χ2n) is 5.46. The maximum atomic E-state index is 4.70. The van der Waals surface area contributed by atoms with Crippen LogP contribution in [0.2, 0.25) is 0 Å². The number of nitrogens with one attached hydrogen (secondary N) is 1. The number of rotatable bonds is 2. The SMILES string of the molecule is CC(C)c1nc2ccc(C3CCNCC3)cc2s1. The highest BCUT2D eigenvalue weighted by molar-refractivity contribution is 7.18. The number of piperidine rings is 1. The monoisotopic (exact) mass is 260 g/mol. The van der Waals surface area contributed by atoms with Crippen molar-refractivity contribution >= 4 is 21.6 Å². The van der Waals surface area contributed by atoms with Crippen LogP contribution < -0.4 is 5.32 Å². The lowest BCUT2D eigenvalue weighted by Crippen LogP contribution is -2.26. The minimum Gasteiger partial charge on any atom is -0.317 e. The van der Waals surface area contributed by atoms with Crippen LogP contribution in [0, 0.1) is 0 Å². The number of nitrogens with zero attached hydrogens (tertiary/aromatic N) is 1. The second-order valence-corrected chi connectivity index (χ2v) is 6.52. The number of hydrogen-bond donors (Lipinski definition) is 1. The zero-order valence-electron chi connectivity index (χ0n) is 11.1. The van der Waals surface area contributed by atoms with Crippen LogP contribution in [0.15, 0.2) is 18.2 Å². The molecule has 0 atom stereocenters. The molecular weight excluding hydrogens is 240 g/mol. The van der Waals surface area contributed by atoms with Crippen molar-refractivity contribution in [1.82, 2.24) is 10.3 Å². The lowest BCUT2D eigenvalue weighted by molar-refractivity contribution is 0.461. The van der Waals surface area contributed by atoms with Gasteiger partial charge in [0.1, 0.15) is 0 Å². The van der Waals surface area contributed by atoms with Crippen molar-refractivity contribution in [2.24, 2.45) is 0 Å². The quantitative estimate of drug-likeness (QED) is 0.886. The van der Waals surface area contributed by atoms with Gasteiger partial charge in [0.05, 0.1) is 15.2 Å². The molecule has 2 nitrogen and oxygen atoms in total. The van der Waals surface area contributed by atoms with Crippen LogP contribution >= 0.6 is 11.3 Å². The predicted octanol–water partition coefficient (Wildman–Crippen LogP) is 3.89. The van der Waals surface area contributed by atoms with Gasteiger partial charge in [-0.2, -0.15) is 0 Å². The molecule has 0 radical (unpaired) electrons. The van der Waals surface area contributed by atoms with Gasteiger partial charge in [0.25, 0.3) is 0 Å². The van der Waals surface area contributed by atoms with Crippen LogP contribution in [0.5, 0.6) is 0 Å². The van der Waals surface area contributed by atoms with Crippen LogP contribution in [0.4, 0.5) is 0 Å². The molecule has 1 aromatic carbocycles. The van der Waals surface area contributed by atoms with Crippen LogP contribution in [0.1, 0.15) is 49.1 Å². The van der Waals surface area contributed by atoms with Crippen molar-refractivity contribution < 1.29 is 0 Å². The summed E-state index contributed by atoms with van der Waals surface area (Å²) >= 11 is 1.86. The van der Waals surface area contributed by atoms with Crippen LogP contribution in [-0.2, 0) is 0 Å². The first-order valence-corrected chi connectivity index (χ1v) is 7.67. The molecule has 0 aliphatic carbocycles. The smallest absolute Gasteiger partial charge is 0.0963 e. The van der Waals surface area contributed by atoms with E-state index in [1.807, 2.05) is 11.3 Å². The number of hydrogen-bond acceptors (Lipinski definition) is 3. The van der Waals surface area contributed by atoms with Gasteiger partial charge >= 0.3 is 0 Å². The zero-order valence-corrected chi connectivity index (χ0v) is 11.9. The summed E-state index contributed by atoms with van der Waals surface area (Å²) < 4.78 is 1.36. The summed E-state index contributed by atoms with van der Waals surface area (Å²) in [5, 5.41) is 4.69. The predicted molar refractivity (Wildman–Crippen MR) is 78.6 cm³/mol. The van der Waals surface area contributed by atoms with Gasteiger partial charge in [0, 0.05) is 5.92 Å². The Labute approximate surface area is 112 Å². The number of thiazole rings is 1. The average Bonchev–Trinajstić information content (AvgIpc) is 2.82. The first kappa shape index (κ1) is 12.1. The maximum absolute atomic E-state index is 4.70. The first-order chi connectivity index (χ1) is 8.74. The molecule has 1 aromatic heterocycles. The Kier molecular flexibility index (Phi) is 3.35. The molecule has 3 rings (SSSR count). The van der Waals surface area contributed by atoms with Crippen LogP contribution in [0.25, 0.3) is 10.2 Å². The summed E-state index contributed by atoms with van der Waals surface area (Å²) in [6.45, 7) is 6.74. The Morgan fingerprint density at radius 2 is 2.06 bits per heavy atom. The Balaban J connectivity index is 1.94. The van der Waals surface area contributed by atoms with E-state index in [-0.39, 0.29) is 0 Å². The highest BCUT2D eigenvalue weighted by Gasteiger charge is 2.16. The maximum Gasteiger partial charge on any atom is 0.0963 e. The summed E-state index contributed by atoms with van der Waals surface area (Å²) in [4.78, 5) is 4.70. The van der Waals surface area contributed by atoms with E-state index >= 15 is 0 Å². The van der Waals surface area contributed by atoms with E-state index < -0.39 is 0 Å². The molecule has 1 fully saturated rings. The van der Waals surface area contributed by atoms with E-state index in [1.165, 1.54) is 33.6 Å². The summed E-state index contributed by atoms with van der Waals surface area (Å²) in [6, 6.07) is 6.85. The lowest BCUT2D eigenvalue weighted by atomic mass is 9.90. The highest BCUT2D eigenvalue weighted by atomic mass is 32.1. The van der Waals surface area contributed by atoms with Crippen LogP contribution in [0.3, 0.4) is 0 Å². The molecule has 0 saturated carbocycles. The third kappa shape index (κ3) is 2.29. The van der Waals surface area contributed by atoms with E-state index in [1.54, 1.807) is 0 Å². The van der Waals surface area contributed by atoms with Crippen molar-refractivity contribution in [1.29, 1.82) is 0 Å². The molecule has 2 heterocycles. The van der Waals surface area contributed by atoms with Crippen molar-refractivity contribution in [3.05, 3.63) is 28.8 Å². The number of benzene rings is 1. The van der Waals surface area contributed by atoms with Gasteiger partial charge in [0.15, 0.2) is 0 Å². The molecule has 0 spiro atoms. The number of aromatic nitrogens is 1. The molecule has 3 heteroatoms. The zero-order chi connectivity index (χ0) is 12.5. The minimum atomic E-state index is 0.532. The fourth-order valence-corrected chi connectivity index (χ4v) is 3.63. The molecule has 2 aromatic rings. The highest BCUT2D eigenvalue weighted by Crippen LogP contribution is 2.32. The number of fused-ring (bicyclic) bond motifs is 1. The first-order valence-electron chi connectivity index (χ1n) is 6.85. The van der Waals surface area contributed by atoms with Gasteiger partial charge in [0.2, 0.25) is 0 Å². The van der Waals surface area contributed by atoms with Gasteiger partial charge in [-0.3, -0.25) is 0 Å². The van der Waals surface area contributed by atoms with Crippen molar-refractivity contribution in [2.75, 3.05) is 13.1 Å². The minimum absolute atomic E-state index is 0.532. The molecule has 1 N–H and O–H groups in total. The van der Waals surface area contributed by atoms with E-state index in [9.17, 15) is 0 Å². The topological polar surface area (TPSA) is 24.9 Å². The molecule has 1 aliphatic rings. The second kappa shape index (κ2) is 4.98. The molecule has 0 bridgehead atoms. The Morgan fingerprint density at radius 1 is 1.28 bits per heavy atom. The Bertz CT molecular complexity index is 538. The van der Waals surface area contributed by atoms with Crippen LogP contribution in [-0.4, -0.2) is 18.1 Å². The van der Waals surface area contributed by atoms with E-state index in [2.05, 4.69) is 37.4 Å². The molecular formula is C15H20N2S. The standard InChI is InChI=1S/C15H20N2S/c1-10(2)15-17-13-4-3-12(9-14(13)18-15)11-5-7-16-8-6-11/h3-4,9-11,16H,5-8H2,1-2H3. The largest absolute Gasteiger partial charge is 0.317 e. The van der Waals surface area contributed by atoms with E-state index in [4.69, 9.17) is 4.98 Å². The summed E-state index contributed by atoms with van der Waals surface area (Å²) in [6.07, 6.45) is 2.53. The van der Waals surface area contributed by atoms with Gasteiger partial charge in [-0.1, -0.05) is 19.9 Å². The summed E-state index contributed by atoms with van der Waals surface area (Å²) in [5.74, 6) is 1.27. The molecule has 18 heavy (non-hydrogen) atoms. The Morgan fingerprint density at radius 3 is 2.78 bits per heavy atom. The normalized spacial score (nSPS) is 17.7. The van der Waals surface area contributed by atoms with Crippen molar-refractivity contribution in [3.63, 3.8) is 0 Å². The molecule has 0 amide bonds. The molecule has 1 aliphatic heterocycles. The summed E-state index contributed by atoms with van der Waals surface area (Å²) in [5.41, 5.74) is 2.67. The van der Waals surface area contributed by atoms with Gasteiger partial charge in [-0.15, -0.1) is 11.3 Å². The third-order valence-electron chi connectivity index (χ3n) is 3.73. The fraction of sp³-hybridized carbons (Fsp3) is 0.533. The van der Waals surface area contributed by atoms with E-state index in [0.717, 1.165) is 19.0 Å². The van der Waals surface area contributed by atoms with Gasteiger partial charge in [-0.05, 0) is 49.5 Å².